The molecule has 3 heteroatoms. The molecule has 1 heterocycles. The van der Waals surface area contributed by atoms with E-state index >= 15 is 0 Å². The largest absolute Gasteiger partial charge is 0.370 e. The highest BCUT2D eigenvalue weighted by Crippen LogP contribution is 2.33. The van der Waals surface area contributed by atoms with Crippen molar-refractivity contribution in [3.63, 3.8) is 0 Å². The average molecular weight is 166 g/mol. The van der Waals surface area contributed by atoms with Crippen molar-refractivity contribution in [2.24, 2.45) is 17.6 Å². The van der Waals surface area contributed by atoms with Crippen LogP contribution >= 0.6 is 0 Å². The summed E-state index contributed by atoms with van der Waals surface area (Å²) < 4.78 is 0. The average Bonchev–Trinajstić information content (AvgIpc) is 2.52. The number of nitrogens with one attached hydrogen (secondary N) is 1. The van der Waals surface area contributed by atoms with E-state index in [-0.39, 0.29) is 5.91 Å². The number of amides is 1. The smallest absolute Gasteiger partial charge is 0.218 e. The molecular formula is C9H14N2O. The van der Waals surface area contributed by atoms with Crippen molar-refractivity contribution in [2.75, 3.05) is 6.54 Å². The van der Waals surface area contributed by atoms with Gasteiger partial charge in [0.1, 0.15) is 0 Å². The molecule has 0 aromatic rings. The van der Waals surface area contributed by atoms with Gasteiger partial charge in [-0.2, -0.15) is 0 Å². The number of allylic oxidation sites excluding steroid dienone is 1. The lowest BCUT2D eigenvalue weighted by Crippen LogP contribution is -2.32. The molecule has 3 atom stereocenters. The summed E-state index contributed by atoms with van der Waals surface area (Å²) in [5, 5.41) is 3.34. The van der Waals surface area contributed by atoms with E-state index < -0.39 is 0 Å². The number of hydrogen-bond acceptors (Lipinski definition) is 2. The molecule has 1 fully saturated rings. The minimum absolute atomic E-state index is 0.194. The number of hydrogen-bond donors (Lipinski definition) is 2. The Kier molecular flexibility index (Phi) is 1.89. The number of primary amides is 1. The molecule has 3 N–H and O–H groups in total. The molecule has 0 aromatic heterocycles. The molecule has 0 saturated carbocycles. The highest BCUT2D eigenvalue weighted by molar-refractivity contribution is 5.74. The monoisotopic (exact) mass is 166 g/mol. The Balaban J connectivity index is 1.97. The Morgan fingerprint density at radius 3 is 3.25 bits per heavy atom. The minimum Gasteiger partial charge on any atom is -0.370 e. The van der Waals surface area contributed by atoms with E-state index in [2.05, 4.69) is 17.5 Å². The van der Waals surface area contributed by atoms with Crippen LogP contribution in [0.25, 0.3) is 0 Å². The molecule has 66 valence electrons. The van der Waals surface area contributed by atoms with Crippen LogP contribution in [-0.4, -0.2) is 18.5 Å². The minimum atomic E-state index is -0.194. The first-order chi connectivity index (χ1) is 5.77. The van der Waals surface area contributed by atoms with Gasteiger partial charge < -0.3 is 11.1 Å². The van der Waals surface area contributed by atoms with Crippen molar-refractivity contribution < 1.29 is 4.79 Å². The van der Waals surface area contributed by atoms with Crippen molar-refractivity contribution >= 4 is 5.91 Å². The number of fused-ring (bicyclic) bond motifs is 1. The van der Waals surface area contributed by atoms with Crippen LogP contribution in [0.2, 0.25) is 0 Å². The van der Waals surface area contributed by atoms with Crippen LogP contribution in [0.5, 0.6) is 0 Å². The van der Waals surface area contributed by atoms with Crippen molar-refractivity contribution in [1.82, 2.24) is 5.32 Å². The molecule has 0 radical (unpaired) electrons. The topological polar surface area (TPSA) is 55.1 Å². The SMILES string of the molecule is NC(=O)CC1NCC2C=CCC21. The summed E-state index contributed by atoms with van der Waals surface area (Å²) in [7, 11) is 0. The van der Waals surface area contributed by atoms with Gasteiger partial charge in [-0.05, 0) is 18.3 Å². The van der Waals surface area contributed by atoms with Gasteiger partial charge in [0.05, 0.1) is 0 Å². The maximum absolute atomic E-state index is 10.7. The van der Waals surface area contributed by atoms with Crippen LogP contribution in [0.3, 0.4) is 0 Å². The summed E-state index contributed by atoms with van der Waals surface area (Å²) in [6, 6.07) is 0.322. The van der Waals surface area contributed by atoms with Gasteiger partial charge in [-0.15, -0.1) is 0 Å². The van der Waals surface area contributed by atoms with E-state index in [1.54, 1.807) is 0 Å². The molecule has 2 rings (SSSR count). The van der Waals surface area contributed by atoms with Crippen LogP contribution in [0.15, 0.2) is 12.2 Å². The van der Waals surface area contributed by atoms with Crippen LogP contribution < -0.4 is 11.1 Å². The van der Waals surface area contributed by atoms with E-state index in [9.17, 15) is 4.79 Å². The lowest BCUT2D eigenvalue weighted by molar-refractivity contribution is -0.118. The molecule has 1 amide bonds. The second-order valence-corrected chi connectivity index (χ2v) is 3.68. The third-order valence-corrected chi connectivity index (χ3v) is 2.90. The maximum atomic E-state index is 10.7. The van der Waals surface area contributed by atoms with E-state index in [1.165, 1.54) is 0 Å². The molecule has 0 bridgehead atoms. The predicted molar refractivity (Wildman–Crippen MR) is 46.3 cm³/mol. The van der Waals surface area contributed by atoms with Crippen LogP contribution in [0.1, 0.15) is 12.8 Å². The summed E-state index contributed by atoms with van der Waals surface area (Å²) in [5.41, 5.74) is 5.16. The zero-order valence-corrected chi connectivity index (χ0v) is 6.99. The summed E-state index contributed by atoms with van der Waals surface area (Å²) in [6.07, 6.45) is 6.06. The van der Waals surface area contributed by atoms with E-state index in [4.69, 9.17) is 5.73 Å². The van der Waals surface area contributed by atoms with Crippen molar-refractivity contribution in [3.05, 3.63) is 12.2 Å². The van der Waals surface area contributed by atoms with Gasteiger partial charge in [-0.3, -0.25) is 4.79 Å². The number of rotatable bonds is 2. The lowest BCUT2D eigenvalue weighted by Gasteiger charge is -2.15. The fourth-order valence-electron chi connectivity index (χ4n) is 2.29. The van der Waals surface area contributed by atoms with E-state index in [1.807, 2.05) is 0 Å². The Labute approximate surface area is 72.0 Å². The molecule has 1 saturated heterocycles. The Bertz CT molecular complexity index is 225. The van der Waals surface area contributed by atoms with Crippen LogP contribution in [-0.2, 0) is 4.79 Å². The number of nitrogens with two attached hydrogens (primary N) is 1. The molecule has 2 aliphatic rings. The highest BCUT2D eigenvalue weighted by atomic mass is 16.1. The zero-order valence-electron chi connectivity index (χ0n) is 6.99. The van der Waals surface area contributed by atoms with Gasteiger partial charge >= 0.3 is 0 Å². The standard InChI is InChI=1S/C9H14N2O/c10-9(12)4-8-7-3-1-2-6(7)5-11-8/h1-2,6-8,11H,3-5H2,(H2,10,12). The molecule has 3 unspecified atom stereocenters. The first kappa shape index (κ1) is 7.80. The summed E-state index contributed by atoms with van der Waals surface area (Å²) in [4.78, 5) is 10.7. The second kappa shape index (κ2) is 2.90. The third-order valence-electron chi connectivity index (χ3n) is 2.90. The molecule has 0 aromatic carbocycles. The predicted octanol–water partition coefficient (Wildman–Crippen LogP) is 0.0259. The quantitative estimate of drug-likeness (QED) is 0.568. The van der Waals surface area contributed by atoms with Gasteiger partial charge in [-0.1, -0.05) is 12.2 Å². The van der Waals surface area contributed by atoms with E-state index in [0.717, 1.165) is 13.0 Å². The van der Waals surface area contributed by atoms with Crippen molar-refractivity contribution in [2.45, 2.75) is 18.9 Å². The number of carbonyl (C=O) groups is 1. The molecule has 0 spiro atoms. The number of carbonyl (C=O) groups excluding carboxylic acids is 1. The molecule has 12 heavy (non-hydrogen) atoms. The molecular weight excluding hydrogens is 152 g/mol. The fraction of sp³-hybridized carbons (Fsp3) is 0.667. The van der Waals surface area contributed by atoms with Gasteiger partial charge in [0, 0.05) is 19.0 Å². The van der Waals surface area contributed by atoms with Gasteiger partial charge in [-0.25, -0.2) is 0 Å². The first-order valence-corrected chi connectivity index (χ1v) is 4.45. The summed E-state index contributed by atoms with van der Waals surface area (Å²) in [5.74, 6) is 1.08. The Morgan fingerprint density at radius 1 is 1.67 bits per heavy atom. The molecule has 3 nitrogen and oxygen atoms in total. The Hall–Kier alpha value is -0.830. The van der Waals surface area contributed by atoms with Gasteiger partial charge in [0.15, 0.2) is 0 Å². The highest BCUT2D eigenvalue weighted by Gasteiger charge is 2.36. The Morgan fingerprint density at radius 2 is 2.50 bits per heavy atom. The third kappa shape index (κ3) is 1.25. The summed E-state index contributed by atoms with van der Waals surface area (Å²) in [6.45, 7) is 1.01. The van der Waals surface area contributed by atoms with Gasteiger partial charge in [0.2, 0.25) is 5.91 Å². The summed E-state index contributed by atoms with van der Waals surface area (Å²) >= 11 is 0. The van der Waals surface area contributed by atoms with Crippen molar-refractivity contribution in [1.29, 1.82) is 0 Å². The fourth-order valence-corrected chi connectivity index (χ4v) is 2.29. The normalized spacial score (nSPS) is 38.5. The first-order valence-electron chi connectivity index (χ1n) is 4.45. The molecule has 1 aliphatic carbocycles. The maximum Gasteiger partial charge on any atom is 0.218 e. The van der Waals surface area contributed by atoms with Crippen molar-refractivity contribution in [3.8, 4) is 0 Å². The lowest BCUT2D eigenvalue weighted by atomic mass is 9.91. The van der Waals surface area contributed by atoms with Crippen LogP contribution in [0, 0.1) is 11.8 Å². The van der Waals surface area contributed by atoms with E-state index in [0.29, 0.717) is 24.3 Å². The van der Waals surface area contributed by atoms with Gasteiger partial charge in [0.25, 0.3) is 0 Å². The van der Waals surface area contributed by atoms with Crippen LogP contribution in [0.4, 0.5) is 0 Å². The molecule has 1 aliphatic heterocycles. The zero-order chi connectivity index (χ0) is 8.55. The second-order valence-electron chi connectivity index (χ2n) is 3.68.